The van der Waals surface area contributed by atoms with Gasteiger partial charge in [-0.2, -0.15) is 0 Å². The molecule has 0 radical (unpaired) electrons. The molecular weight excluding hydrogens is 382 g/mol. The summed E-state index contributed by atoms with van der Waals surface area (Å²) < 4.78 is 26.9. The Kier molecular flexibility index (Phi) is 4.67. The van der Waals surface area contributed by atoms with E-state index < -0.39 is 16.0 Å². The van der Waals surface area contributed by atoms with Crippen LogP contribution >= 0.6 is 27.3 Å². The number of para-hydroxylation sites is 1. The van der Waals surface area contributed by atoms with Crippen LogP contribution in [0.5, 0.6) is 5.75 Å². The van der Waals surface area contributed by atoms with Crippen LogP contribution in [0.3, 0.4) is 0 Å². The standard InChI is InChI=1S/C12H10BrNO5S2/c13-11-10(5-9(20-11)12(16)17)21(18,19)14-6-7-3-1-2-4-8(7)15/h1-5,14-15H,6H2,(H,16,17). The van der Waals surface area contributed by atoms with Gasteiger partial charge in [0.05, 0.1) is 3.79 Å². The predicted molar refractivity (Wildman–Crippen MR) is 81.1 cm³/mol. The monoisotopic (exact) mass is 391 g/mol. The summed E-state index contributed by atoms with van der Waals surface area (Å²) in [5.41, 5.74) is 0.422. The number of carboxylic acids is 1. The van der Waals surface area contributed by atoms with Crippen molar-refractivity contribution in [1.29, 1.82) is 0 Å². The third-order valence-electron chi connectivity index (χ3n) is 2.60. The van der Waals surface area contributed by atoms with E-state index in [0.717, 1.165) is 17.4 Å². The molecule has 112 valence electrons. The van der Waals surface area contributed by atoms with Crippen molar-refractivity contribution in [2.75, 3.05) is 0 Å². The zero-order chi connectivity index (χ0) is 15.6. The second-order valence-corrected chi connectivity index (χ2v) is 8.11. The summed E-state index contributed by atoms with van der Waals surface area (Å²) in [7, 11) is -3.88. The first-order valence-electron chi connectivity index (χ1n) is 5.60. The molecule has 1 aromatic heterocycles. The van der Waals surface area contributed by atoms with Crippen molar-refractivity contribution in [1.82, 2.24) is 4.72 Å². The van der Waals surface area contributed by atoms with E-state index >= 15 is 0 Å². The fourth-order valence-corrected chi connectivity index (χ4v) is 4.96. The number of phenolic OH excluding ortho intramolecular Hbond substituents is 1. The van der Waals surface area contributed by atoms with Gasteiger partial charge in [0.15, 0.2) is 0 Å². The van der Waals surface area contributed by atoms with Gasteiger partial charge < -0.3 is 10.2 Å². The minimum atomic E-state index is -3.88. The molecule has 0 bridgehead atoms. The van der Waals surface area contributed by atoms with E-state index in [1.807, 2.05) is 0 Å². The molecule has 0 saturated heterocycles. The van der Waals surface area contributed by atoms with Crippen LogP contribution in [0.1, 0.15) is 15.2 Å². The number of carbonyl (C=O) groups is 1. The van der Waals surface area contributed by atoms with Crippen molar-refractivity contribution >= 4 is 43.3 Å². The molecule has 9 heteroatoms. The van der Waals surface area contributed by atoms with Crippen molar-refractivity contribution < 1.29 is 23.4 Å². The number of thiophene rings is 1. The van der Waals surface area contributed by atoms with Gasteiger partial charge in [-0.05, 0) is 28.1 Å². The van der Waals surface area contributed by atoms with Crippen LogP contribution < -0.4 is 4.72 Å². The summed E-state index contributed by atoms with van der Waals surface area (Å²) in [6, 6.07) is 7.43. The summed E-state index contributed by atoms with van der Waals surface area (Å²) in [5.74, 6) is -1.21. The van der Waals surface area contributed by atoms with Gasteiger partial charge in [0.25, 0.3) is 0 Å². The number of aromatic carboxylic acids is 1. The van der Waals surface area contributed by atoms with E-state index in [0.29, 0.717) is 5.56 Å². The number of halogens is 1. The molecule has 0 aliphatic heterocycles. The molecular formula is C12H10BrNO5S2. The second kappa shape index (κ2) is 6.14. The number of benzene rings is 1. The van der Waals surface area contributed by atoms with Gasteiger partial charge in [-0.3, -0.25) is 0 Å². The number of rotatable bonds is 5. The second-order valence-electron chi connectivity index (χ2n) is 4.01. The first kappa shape index (κ1) is 16.0. The Labute approximate surface area is 133 Å². The first-order valence-corrected chi connectivity index (χ1v) is 8.69. The maximum atomic E-state index is 12.2. The van der Waals surface area contributed by atoms with Crippen LogP contribution in [0.2, 0.25) is 0 Å². The van der Waals surface area contributed by atoms with Crippen LogP contribution in [0, 0.1) is 0 Å². The summed E-state index contributed by atoms with van der Waals surface area (Å²) in [5, 5.41) is 18.5. The van der Waals surface area contributed by atoms with Gasteiger partial charge in [-0.15, -0.1) is 11.3 Å². The number of hydrogen-bond donors (Lipinski definition) is 3. The normalized spacial score (nSPS) is 11.5. The van der Waals surface area contributed by atoms with E-state index in [9.17, 15) is 18.3 Å². The molecule has 6 nitrogen and oxygen atoms in total. The highest BCUT2D eigenvalue weighted by molar-refractivity contribution is 9.11. The number of carboxylic acid groups (broad SMARTS) is 1. The zero-order valence-corrected chi connectivity index (χ0v) is 13.6. The molecule has 2 rings (SSSR count). The lowest BCUT2D eigenvalue weighted by Gasteiger charge is -2.07. The average molecular weight is 392 g/mol. The molecule has 3 N–H and O–H groups in total. The smallest absolute Gasteiger partial charge is 0.345 e. The number of phenols is 1. The first-order chi connectivity index (χ1) is 9.81. The van der Waals surface area contributed by atoms with Gasteiger partial charge in [-0.25, -0.2) is 17.9 Å². The topological polar surface area (TPSA) is 104 Å². The van der Waals surface area contributed by atoms with Crippen LogP contribution in [0.15, 0.2) is 39.0 Å². The molecule has 2 aromatic rings. The minimum absolute atomic E-state index is 0.0178. The Morgan fingerprint density at radius 1 is 1.33 bits per heavy atom. The summed E-state index contributed by atoms with van der Waals surface area (Å²) in [6.07, 6.45) is 0. The summed E-state index contributed by atoms with van der Waals surface area (Å²) in [4.78, 5) is 10.6. The highest BCUT2D eigenvalue weighted by atomic mass is 79.9. The maximum absolute atomic E-state index is 12.2. The molecule has 0 spiro atoms. The molecule has 0 aliphatic carbocycles. The third-order valence-corrected chi connectivity index (χ3v) is 6.24. The molecule has 0 aliphatic rings. The number of nitrogens with one attached hydrogen (secondary N) is 1. The highest BCUT2D eigenvalue weighted by Gasteiger charge is 2.23. The Balaban J connectivity index is 2.23. The summed E-state index contributed by atoms with van der Waals surface area (Å²) >= 11 is 3.87. The van der Waals surface area contributed by atoms with Crippen molar-refractivity contribution in [2.24, 2.45) is 0 Å². The van der Waals surface area contributed by atoms with Crippen molar-refractivity contribution in [2.45, 2.75) is 11.4 Å². The molecule has 0 amide bonds. The quantitative estimate of drug-likeness (QED) is 0.725. The molecule has 1 heterocycles. The largest absolute Gasteiger partial charge is 0.508 e. The number of sulfonamides is 1. The Morgan fingerprint density at radius 3 is 2.57 bits per heavy atom. The van der Waals surface area contributed by atoms with Gasteiger partial charge in [0, 0.05) is 12.1 Å². The molecule has 0 atom stereocenters. The molecule has 0 unspecified atom stereocenters. The molecule has 0 fully saturated rings. The number of hydrogen-bond acceptors (Lipinski definition) is 5. The van der Waals surface area contributed by atoms with E-state index in [-0.39, 0.29) is 25.9 Å². The lowest BCUT2D eigenvalue weighted by molar-refractivity contribution is 0.0702. The number of aromatic hydroxyl groups is 1. The van der Waals surface area contributed by atoms with Crippen molar-refractivity contribution in [3.63, 3.8) is 0 Å². The minimum Gasteiger partial charge on any atom is -0.508 e. The molecule has 0 saturated carbocycles. The lowest BCUT2D eigenvalue weighted by atomic mass is 10.2. The fourth-order valence-electron chi connectivity index (χ4n) is 1.55. The average Bonchev–Trinajstić information content (AvgIpc) is 2.81. The maximum Gasteiger partial charge on any atom is 0.345 e. The molecule has 21 heavy (non-hydrogen) atoms. The van der Waals surface area contributed by atoms with Crippen LogP contribution in [0.25, 0.3) is 0 Å². The predicted octanol–water partition coefficient (Wildman–Crippen LogP) is 2.39. The lowest BCUT2D eigenvalue weighted by Crippen LogP contribution is -2.23. The van der Waals surface area contributed by atoms with E-state index in [1.54, 1.807) is 18.2 Å². The van der Waals surface area contributed by atoms with Gasteiger partial charge in [0.2, 0.25) is 10.0 Å². The Hall–Kier alpha value is -1.42. The van der Waals surface area contributed by atoms with Crippen molar-refractivity contribution in [3.8, 4) is 5.75 Å². The van der Waals surface area contributed by atoms with Gasteiger partial charge in [-0.1, -0.05) is 18.2 Å². The third kappa shape index (κ3) is 3.62. The summed E-state index contributed by atoms with van der Waals surface area (Å²) in [6.45, 7) is -0.0975. The SMILES string of the molecule is O=C(O)c1cc(S(=O)(=O)NCc2ccccc2O)c(Br)s1. The van der Waals surface area contributed by atoms with Crippen LogP contribution in [-0.2, 0) is 16.6 Å². The zero-order valence-electron chi connectivity index (χ0n) is 10.4. The molecule has 1 aromatic carbocycles. The van der Waals surface area contributed by atoms with Crippen LogP contribution in [-0.4, -0.2) is 24.6 Å². The van der Waals surface area contributed by atoms with E-state index in [4.69, 9.17) is 5.11 Å². The Morgan fingerprint density at radius 2 is 2.00 bits per heavy atom. The fraction of sp³-hybridized carbons (Fsp3) is 0.0833. The van der Waals surface area contributed by atoms with Gasteiger partial charge in [0.1, 0.15) is 15.5 Å². The highest BCUT2D eigenvalue weighted by Crippen LogP contribution is 2.31. The van der Waals surface area contributed by atoms with Crippen molar-refractivity contribution in [3.05, 3.63) is 44.6 Å². The van der Waals surface area contributed by atoms with Gasteiger partial charge >= 0.3 is 5.97 Å². The van der Waals surface area contributed by atoms with E-state index in [2.05, 4.69) is 20.7 Å². The Bertz CT molecular complexity index is 785. The van der Waals surface area contributed by atoms with E-state index in [1.165, 1.54) is 6.07 Å². The van der Waals surface area contributed by atoms with Crippen LogP contribution in [0.4, 0.5) is 0 Å².